The molecule has 1 aliphatic rings. The molecule has 1 saturated carbocycles. The normalized spacial score (nSPS) is 17.5. The molecule has 1 aromatic rings. The summed E-state index contributed by atoms with van der Waals surface area (Å²) in [5.74, 6) is 0.978. The summed E-state index contributed by atoms with van der Waals surface area (Å²) in [6.45, 7) is 4.35. The van der Waals surface area contributed by atoms with E-state index < -0.39 is 0 Å². The maximum absolute atomic E-state index is 5.30. The fourth-order valence-corrected chi connectivity index (χ4v) is 1.74. The standard InChI is InChI=1S/C13H19NO/c1-13(7-8-13)10-14-9-11-5-3-4-6-12(11)15-2/h3-6,14H,7-10H2,1-2H3. The molecule has 0 saturated heterocycles. The predicted molar refractivity (Wildman–Crippen MR) is 62.0 cm³/mol. The highest BCUT2D eigenvalue weighted by atomic mass is 16.5. The van der Waals surface area contributed by atoms with E-state index in [-0.39, 0.29) is 0 Å². The first kappa shape index (κ1) is 10.5. The zero-order chi connectivity index (χ0) is 10.7. The van der Waals surface area contributed by atoms with Gasteiger partial charge in [-0.15, -0.1) is 0 Å². The molecule has 82 valence electrons. The van der Waals surface area contributed by atoms with Crippen LogP contribution in [0.15, 0.2) is 24.3 Å². The molecule has 0 heterocycles. The third kappa shape index (κ3) is 2.72. The van der Waals surface area contributed by atoms with Gasteiger partial charge in [0.25, 0.3) is 0 Å². The molecule has 0 unspecified atom stereocenters. The molecule has 0 amide bonds. The fraction of sp³-hybridized carbons (Fsp3) is 0.538. The van der Waals surface area contributed by atoms with Crippen molar-refractivity contribution in [1.29, 1.82) is 0 Å². The van der Waals surface area contributed by atoms with Crippen molar-refractivity contribution in [1.82, 2.24) is 5.32 Å². The Morgan fingerprint density at radius 2 is 2.07 bits per heavy atom. The monoisotopic (exact) mass is 205 g/mol. The molecule has 2 nitrogen and oxygen atoms in total. The van der Waals surface area contributed by atoms with Gasteiger partial charge in [-0.3, -0.25) is 0 Å². The van der Waals surface area contributed by atoms with Gasteiger partial charge in [0.1, 0.15) is 5.75 Å². The smallest absolute Gasteiger partial charge is 0.123 e. The number of rotatable bonds is 5. The predicted octanol–water partition coefficient (Wildman–Crippen LogP) is 2.58. The van der Waals surface area contributed by atoms with Gasteiger partial charge >= 0.3 is 0 Å². The number of benzene rings is 1. The Bertz CT molecular complexity index is 331. The van der Waals surface area contributed by atoms with Crippen molar-refractivity contribution in [2.45, 2.75) is 26.3 Å². The first-order valence-electron chi connectivity index (χ1n) is 5.56. The van der Waals surface area contributed by atoms with Crippen molar-refractivity contribution in [3.63, 3.8) is 0 Å². The molecule has 1 aromatic carbocycles. The average molecular weight is 205 g/mol. The van der Waals surface area contributed by atoms with Crippen molar-refractivity contribution in [2.75, 3.05) is 13.7 Å². The van der Waals surface area contributed by atoms with Crippen LogP contribution in [0.25, 0.3) is 0 Å². The van der Waals surface area contributed by atoms with Crippen LogP contribution in [0.1, 0.15) is 25.3 Å². The Balaban J connectivity index is 1.86. The van der Waals surface area contributed by atoms with Gasteiger partial charge < -0.3 is 10.1 Å². The van der Waals surface area contributed by atoms with Crippen LogP contribution in [-0.4, -0.2) is 13.7 Å². The molecule has 0 aromatic heterocycles. The Labute approximate surface area is 91.6 Å². The van der Waals surface area contributed by atoms with Gasteiger partial charge in [0.2, 0.25) is 0 Å². The largest absolute Gasteiger partial charge is 0.496 e. The molecule has 1 fully saturated rings. The maximum atomic E-state index is 5.30. The second kappa shape index (κ2) is 4.23. The van der Waals surface area contributed by atoms with E-state index in [4.69, 9.17) is 4.74 Å². The molecular weight excluding hydrogens is 186 g/mol. The second-order valence-electron chi connectivity index (χ2n) is 4.73. The molecular formula is C13H19NO. The van der Waals surface area contributed by atoms with Crippen LogP contribution in [-0.2, 0) is 6.54 Å². The first-order chi connectivity index (χ1) is 7.23. The number of nitrogens with one attached hydrogen (secondary N) is 1. The topological polar surface area (TPSA) is 21.3 Å². The molecule has 0 atom stereocenters. The Kier molecular flexibility index (Phi) is 2.96. The quantitative estimate of drug-likeness (QED) is 0.797. The Morgan fingerprint density at radius 1 is 1.33 bits per heavy atom. The zero-order valence-electron chi connectivity index (χ0n) is 9.55. The Morgan fingerprint density at radius 3 is 2.73 bits per heavy atom. The van der Waals surface area contributed by atoms with Crippen LogP contribution in [0, 0.1) is 5.41 Å². The average Bonchev–Trinajstić information content (AvgIpc) is 2.97. The third-order valence-electron chi connectivity index (χ3n) is 3.16. The summed E-state index contributed by atoms with van der Waals surface area (Å²) >= 11 is 0. The van der Waals surface area contributed by atoms with E-state index in [1.165, 1.54) is 18.4 Å². The van der Waals surface area contributed by atoms with E-state index in [9.17, 15) is 0 Å². The zero-order valence-corrected chi connectivity index (χ0v) is 9.55. The highest BCUT2D eigenvalue weighted by Crippen LogP contribution is 2.44. The van der Waals surface area contributed by atoms with Crippen molar-refractivity contribution in [2.24, 2.45) is 5.41 Å². The van der Waals surface area contributed by atoms with Crippen LogP contribution in [0.5, 0.6) is 5.75 Å². The van der Waals surface area contributed by atoms with Crippen LogP contribution >= 0.6 is 0 Å². The van der Waals surface area contributed by atoms with Gasteiger partial charge in [-0.05, 0) is 24.3 Å². The highest BCUT2D eigenvalue weighted by molar-refractivity contribution is 5.32. The minimum absolute atomic E-state index is 0.571. The summed E-state index contributed by atoms with van der Waals surface area (Å²) in [5.41, 5.74) is 1.81. The van der Waals surface area contributed by atoms with Crippen LogP contribution in [0.2, 0.25) is 0 Å². The van der Waals surface area contributed by atoms with Gasteiger partial charge in [-0.2, -0.15) is 0 Å². The van der Waals surface area contributed by atoms with E-state index in [0.717, 1.165) is 18.8 Å². The molecule has 0 bridgehead atoms. The third-order valence-corrected chi connectivity index (χ3v) is 3.16. The molecule has 0 aliphatic heterocycles. The molecule has 2 heteroatoms. The van der Waals surface area contributed by atoms with Crippen molar-refractivity contribution in [3.05, 3.63) is 29.8 Å². The van der Waals surface area contributed by atoms with Crippen LogP contribution < -0.4 is 10.1 Å². The lowest BCUT2D eigenvalue weighted by atomic mass is 10.1. The van der Waals surface area contributed by atoms with Gasteiger partial charge in [0.15, 0.2) is 0 Å². The molecule has 1 aliphatic carbocycles. The molecule has 0 spiro atoms. The summed E-state index contributed by atoms with van der Waals surface area (Å²) in [6.07, 6.45) is 2.73. The van der Waals surface area contributed by atoms with Gasteiger partial charge in [0, 0.05) is 18.7 Å². The van der Waals surface area contributed by atoms with E-state index >= 15 is 0 Å². The lowest BCUT2D eigenvalue weighted by Crippen LogP contribution is -2.21. The van der Waals surface area contributed by atoms with E-state index in [2.05, 4.69) is 24.4 Å². The fourth-order valence-electron chi connectivity index (χ4n) is 1.74. The minimum atomic E-state index is 0.571. The molecule has 2 rings (SSSR count). The van der Waals surface area contributed by atoms with E-state index in [1.807, 2.05) is 12.1 Å². The highest BCUT2D eigenvalue weighted by Gasteiger charge is 2.36. The van der Waals surface area contributed by atoms with Gasteiger partial charge in [0.05, 0.1) is 7.11 Å². The van der Waals surface area contributed by atoms with Crippen molar-refractivity contribution >= 4 is 0 Å². The van der Waals surface area contributed by atoms with Crippen molar-refractivity contribution in [3.8, 4) is 5.75 Å². The number of methoxy groups -OCH3 is 1. The number of hydrogen-bond donors (Lipinski definition) is 1. The summed E-state index contributed by atoms with van der Waals surface area (Å²) in [5, 5.41) is 3.50. The summed E-state index contributed by atoms with van der Waals surface area (Å²) in [6, 6.07) is 8.18. The van der Waals surface area contributed by atoms with Crippen LogP contribution in [0.3, 0.4) is 0 Å². The summed E-state index contributed by atoms with van der Waals surface area (Å²) in [4.78, 5) is 0. The lowest BCUT2D eigenvalue weighted by molar-refractivity contribution is 0.405. The SMILES string of the molecule is COc1ccccc1CNCC1(C)CC1. The lowest BCUT2D eigenvalue weighted by Gasteiger charge is -2.12. The summed E-state index contributed by atoms with van der Waals surface area (Å²) in [7, 11) is 1.72. The van der Waals surface area contributed by atoms with Crippen LogP contribution in [0.4, 0.5) is 0 Å². The Hall–Kier alpha value is -1.02. The minimum Gasteiger partial charge on any atom is -0.496 e. The maximum Gasteiger partial charge on any atom is 0.123 e. The van der Waals surface area contributed by atoms with Gasteiger partial charge in [-0.25, -0.2) is 0 Å². The molecule has 15 heavy (non-hydrogen) atoms. The number of hydrogen-bond acceptors (Lipinski definition) is 2. The van der Waals surface area contributed by atoms with Crippen molar-refractivity contribution < 1.29 is 4.74 Å². The molecule has 0 radical (unpaired) electrons. The van der Waals surface area contributed by atoms with Gasteiger partial charge in [-0.1, -0.05) is 25.1 Å². The molecule has 1 N–H and O–H groups in total. The number of para-hydroxylation sites is 1. The summed E-state index contributed by atoms with van der Waals surface area (Å²) < 4.78 is 5.30. The number of ether oxygens (including phenoxy) is 1. The van der Waals surface area contributed by atoms with E-state index in [0.29, 0.717) is 5.41 Å². The second-order valence-corrected chi connectivity index (χ2v) is 4.73. The first-order valence-corrected chi connectivity index (χ1v) is 5.56. The van der Waals surface area contributed by atoms with E-state index in [1.54, 1.807) is 7.11 Å².